The summed E-state index contributed by atoms with van der Waals surface area (Å²) in [6, 6.07) is 9.05. The van der Waals surface area contributed by atoms with Crippen LogP contribution in [0.5, 0.6) is 0 Å². The number of hydrogen-bond acceptors (Lipinski definition) is 10. The summed E-state index contributed by atoms with van der Waals surface area (Å²) in [7, 11) is 0. The SMILES string of the molecule is O=C(SCCOCCOCCO[C@H]1O[C@H](CO)[C@H](O)[C@H](O)[C@H]1O)c1ccccc1. The number of aliphatic hydroxyl groups is 4. The summed E-state index contributed by atoms with van der Waals surface area (Å²) in [6.45, 7) is 0.904. The zero-order chi connectivity index (χ0) is 21.1. The van der Waals surface area contributed by atoms with Gasteiger partial charge in [0.15, 0.2) is 6.29 Å². The Morgan fingerprint density at radius 3 is 2.28 bits per heavy atom. The predicted octanol–water partition coefficient (Wildman–Crippen LogP) is -0.590. The molecule has 1 aromatic rings. The Labute approximate surface area is 173 Å². The Morgan fingerprint density at radius 2 is 1.59 bits per heavy atom. The van der Waals surface area contributed by atoms with Crippen LogP contribution in [0.4, 0.5) is 0 Å². The van der Waals surface area contributed by atoms with E-state index in [9.17, 15) is 20.1 Å². The maximum Gasteiger partial charge on any atom is 0.219 e. The second-order valence-electron chi connectivity index (χ2n) is 6.29. The highest BCUT2D eigenvalue weighted by Gasteiger charge is 2.43. The van der Waals surface area contributed by atoms with Crippen LogP contribution in [-0.4, -0.2) is 102 Å². The Hall–Kier alpha value is -1.08. The normalized spacial score (nSPS) is 27.1. The van der Waals surface area contributed by atoms with Crippen molar-refractivity contribution >= 4 is 16.9 Å². The van der Waals surface area contributed by atoms with E-state index in [1.807, 2.05) is 18.2 Å². The van der Waals surface area contributed by atoms with Gasteiger partial charge in [0.1, 0.15) is 24.4 Å². The topological polar surface area (TPSA) is 135 Å². The number of thioether (sulfide) groups is 1. The first-order valence-corrected chi connectivity index (χ1v) is 10.3. The van der Waals surface area contributed by atoms with E-state index in [0.717, 1.165) is 0 Å². The minimum atomic E-state index is -1.47. The number of aliphatic hydroxyl groups excluding tert-OH is 4. The van der Waals surface area contributed by atoms with Crippen molar-refractivity contribution in [3.8, 4) is 0 Å². The number of carbonyl (C=O) groups excluding carboxylic acids is 1. The van der Waals surface area contributed by atoms with Crippen LogP contribution in [0.3, 0.4) is 0 Å². The summed E-state index contributed by atoms with van der Waals surface area (Å²) in [4.78, 5) is 11.9. The molecule has 0 aliphatic carbocycles. The molecule has 2 rings (SSSR count). The van der Waals surface area contributed by atoms with E-state index in [0.29, 0.717) is 31.1 Å². The fourth-order valence-electron chi connectivity index (χ4n) is 2.60. The molecule has 5 atom stereocenters. The molecule has 1 aromatic carbocycles. The molecule has 0 radical (unpaired) electrons. The number of benzene rings is 1. The molecule has 1 aliphatic heterocycles. The third kappa shape index (κ3) is 7.93. The third-order valence-corrected chi connectivity index (χ3v) is 5.07. The van der Waals surface area contributed by atoms with Gasteiger partial charge in [-0.15, -0.1) is 0 Å². The molecule has 1 fully saturated rings. The monoisotopic (exact) mass is 432 g/mol. The van der Waals surface area contributed by atoms with Crippen LogP contribution >= 0.6 is 11.8 Å². The first-order valence-electron chi connectivity index (χ1n) is 9.34. The van der Waals surface area contributed by atoms with Crippen LogP contribution in [0.25, 0.3) is 0 Å². The van der Waals surface area contributed by atoms with E-state index in [-0.39, 0.29) is 18.3 Å². The number of ether oxygens (including phenoxy) is 4. The first-order chi connectivity index (χ1) is 14.0. The number of hydrogen-bond donors (Lipinski definition) is 4. The third-order valence-electron chi connectivity index (χ3n) is 4.20. The van der Waals surface area contributed by atoms with Crippen LogP contribution < -0.4 is 0 Å². The van der Waals surface area contributed by atoms with Crippen molar-refractivity contribution in [3.63, 3.8) is 0 Å². The van der Waals surface area contributed by atoms with E-state index < -0.39 is 37.3 Å². The van der Waals surface area contributed by atoms with Gasteiger partial charge < -0.3 is 39.4 Å². The number of rotatable bonds is 12. The van der Waals surface area contributed by atoms with Crippen LogP contribution in [0.15, 0.2) is 30.3 Å². The molecule has 0 amide bonds. The van der Waals surface area contributed by atoms with Gasteiger partial charge in [-0.25, -0.2) is 0 Å². The Balaban J connectivity index is 1.46. The van der Waals surface area contributed by atoms with Gasteiger partial charge in [-0.05, 0) is 0 Å². The van der Waals surface area contributed by atoms with Crippen molar-refractivity contribution in [2.24, 2.45) is 0 Å². The molecule has 0 unspecified atom stereocenters. The molecule has 0 bridgehead atoms. The molecule has 0 saturated carbocycles. The molecule has 1 saturated heterocycles. The second kappa shape index (κ2) is 13.3. The fourth-order valence-corrected chi connectivity index (χ4v) is 3.29. The lowest BCUT2D eigenvalue weighted by Crippen LogP contribution is -2.59. The maximum atomic E-state index is 11.9. The summed E-state index contributed by atoms with van der Waals surface area (Å²) in [6.07, 6.45) is -6.47. The first kappa shape index (κ1) is 24.2. The second-order valence-corrected chi connectivity index (χ2v) is 7.36. The molecule has 29 heavy (non-hydrogen) atoms. The van der Waals surface area contributed by atoms with E-state index in [2.05, 4.69) is 0 Å². The van der Waals surface area contributed by atoms with Crippen molar-refractivity contribution in [1.82, 2.24) is 0 Å². The van der Waals surface area contributed by atoms with Gasteiger partial charge in [-0.2, -0.15) is 0 Å². The van der Waals surface area contributed by atoms with E-state index in [1.165, 1.54) is 11.8 Å². The van der Waals surface area contributed by atoms with Crippen LogP contribution in [0, 0.1) is 0 Å². The minimum Gasteiger partial charge on any atom is -0.394 e. The summed E-state index contributed by atoms with van der Waals surface area (Å²) < 4.78 is 21.2. The lowest BCUT2D eigenvalue weighted by Gasteiger charge is -2.39. The van der Waals surface area contributed by atoms with Crippen molar-refractivity contribution in [2.75, 3.05) is 45.4 Å². The highest BCUT2D eigenvalue weighted by atomic mass is 32.2. The smallest absolute Gasteiger partial charge is 0.219 e. The zero-order valence-electron chi connectivity index (χ0n) is 16.0. The van der Waals surface area contributed by atoms with Crippen molar-refractivity contribution in [1.29, 1.82) is 0 Å². The molecule has 164 valence electrons. The lowest BCUT2D eigenvalue weighted by atomic mass is 9.99. The number of carbonyl (C=O) groups is 1. The molecule has 1 heterocycles. The van der Waals surface area contributed by atoms with Gasteiger partial charge in [0.2, 0.25) is 5.12 Å². The predicted molar refractivity (Wildman–Crippen MR) is 105 cm³/mol. The molecular weight excluding hydrogens is 404 g/mol. The summed E-state index contributed by atoms with van der Waals surface area (Å²) >= 11 is 1.20. The highest BCUT2D eigenvalue weighted by molar-refractivity contribution is 8.14. The highest BCUT2D eigenvalue weighted by Crippen LogP contribution is 2.21. The van der Waals surface area contributed by atoms with Gasteiger partial charge in [-0.3, -0.25) is 4.79 Å². The Bertz CT molecular complexity index is 586. The maximum absolute atomic E-state index is 11.9. The van der Waals surface area contributed by atoms with Gasteiger partial charge >= 0.3 is 0 Å². The lowest BCUT2D eigenvalue weighted by molar-refractivity contribution is -0.302. The Morgan fingerprint density at radius 1 is 0.931 bits per heavy atom. The van der Waals surface area contributed by atoms with E-state index in [4.69, 9.17) is 24.1 Å². The summed E-state index contributed by atoms with van der Waals surface area (Å²) in [5, 5.41) is 38.3. The molecule has 10 heteroatoms. The van der Waals surface area contributed by atoms with Crippen LogP contribution in [0.2, 0.25) is 0 Å². The largest absolute Gasteiger partial charge is 0.394 e. The average Bonchev–Trinajstić information content (AvgIpc) is 2.75. The average molecular weight is 432 g/mol. The van der Waals surface area contributed by atoms with Gasteiger partial charge in [-0.1, -0.05) is 42.1 Å². The minimum absolute atomic E-state index is 0.00999. The molecule has 4 N–H and O–H groups in total. The van der Waals surface area contributed by atoms with Crippen molar-refractivity contribution < 1.29 is 44.2 Å². The van der Waals surface area contributed by atoms with Crippen molar-refractivity contribution in [3.05, 3.63) is 35.9 Å². The van der Waals surface area contributed by atoms with E-state index in [1.54, 1.807) is 12.1 Å². The van der Waals surface area contributed by atoms with Crippen LogP contribution in [0.1, 0.15) is 10.4 Å². The molecule has 9 nitrogen and oxygen atoms in total. The van der Waals surface area contributed by atoms with Crippen LogP contribution in [-0.2, 0) is 18.9 Å². The summed E-state index contributed by atoms with van der Waals surface area (Å²) in [5.41, 5.74) is 0.667. The van der Waals surface area contributed by atoms with Gasteiger partial charge in [0.25, 0.3) is 0 Å². The van der Waals surface area contributed by atoms with Crippen molar-refractivity contribution in [2.45, 2.75) is 30.7 Å². The fraction of sp³-hybridized carbons (Fsp3) is 0.632. The molecule has 1 aliphatic rings. The summed E-state index contributed by atoms with van der Waals surface area (Å²) in [5.74, 6) is 0.550. The zero-order valence-corrected chi connectivity index (χ0v) is 16.8. The molecule has 0 spiro atoms. The van der Waals surface area contributed by atoms with E-state index >= 15 is 0 Å². The quantitative estimate of drug-likeness (QED) is 0.317. The van der Waals surface area contributed by atoms with Gasteiger partial charge in [0, 0.05) is 11.3 Å². The molecule has 0 aromatic heterocycles. The standard InChI is InChI=1S/C19H28O9S/c20-12-14-15(21)16(22)17(23)19(28-14)27-9-8-25-6-7-26-10-11-29-18(24)13-4-2-1-3-5-13/h1-5,14-17,19-23H,6-12H2/t14-,15+,16+,17-,19+/m1/s1. The molecular formula is C19H28O9S. The van der Waals surface area contributed by atoms with Gasteiger partial charge in [0.05, 0.1) is 39.6 Å². The Kier molecular flexibility index (Phi) is 11.1.